The van der Waals surface area contributed by atoms with E-state index in [-0.39, 0.29) is 24.9 Å². The van der Waals surface area contributed by atoms with Gasteiger partial charge >= 0.3 is 0 Å². The van der Waals surface area contributed by atoms with Gasteiger partial charge in [-0.3, -0.25) is 4.79 Å². The lowest BCUT2D eigenvalue weighted by atomic mass is 10.1. The van der Waals surface area contributed by atoms with E-state index in [0.717, 1.165) is 44.5 Å². The normalized spacial score (nSPS) is 23.2. The Bertz CT molecular complexity index is 229. The Labute approximate surface area is 109 Å². The molecule has 1 aliphatic heterocycles. The Hall–Kier alpha value is -0.320. The summed E-state index contributed by atoms with van der Waals surface area (Å²) in [7, 11) is 0. The molecule has 0 aromatic heterocycles. The summed E-state index contributed by atoms with van der Waals surface area (Å²) in [6.07, 6.45) is 4.88. The van der Waals surface area contributed by atoms with E-state index in [4.69, 9.17) is 4.74 Å². The van der Waals surface area contributed by atoms with E-state index in [2.05, 4.69) is 10.6 Å². The van der Waals surface area contributed by atoms with Crippen molar-refractivity contribution < 1.29 is 9.53 Å². The molecule has 0 bridgehead atoms. The number of hydrogen-bond acceptors (Lipinski definition) is 3. The van der Waals surface area contributed by atoms with Gasteiger partial charge in [-0.25, -0.2) is 0 Å². The zero-order valence-electron chi connectivity index (χ0n) is 10.2. The third-order valence-corrected chi connectivity index (χ3v) is 3.32. The van der Waals surface area contributed by atoms with Gasteiger partial charge in [0.1, 0.15) is 6.61 Å². The van der Waals surface area contributed by atoms with E-state index in [1.165, 1.54) is 19.3 Å². The summed E-state index contributed by atoms with van der Waals surface area (Å²) in [5, 5.41) is 6.24. The van der Waals surface area contributed by atoms with Gasteiger partial charge in [-0.05, 0) is 50.6 Å². The quantitative estimate of drug-likeness (QED) is 0.718. The highest BCUT2D eigenvalue weighted by Crippen LogP contribution is 2.28. The molecule has 2 rings (SSSR count). The van der Waals surface area contributed by atoms with Gasteiger partial charge in [0.2, 0.25) is 5.91 Å². The SMILES string of the molecule is Cl.O=C(COCC1CC1)NCCC1CCNC1. The van der Waals surface area contributed by atoms with E-state index in [1.54, 1.807) is 0 Å². The van der Waals surface area contributed by atoms with Gasteiger partial charge in [-0.2, -0.15) is 0 Å². The van der Waals surface area contributed by atoms with Crippen LogP contribution in [0.2, 0.25) is 0 Å². The molecule has 1 heterocycles. The van der Waals surface area contributed by atoms with Crippen LogP contribution in [0.15, 0.2) is 0 Å². The molecular formula is C12H23ClN2O2. The maximum absolute atomic E-state index is 11.4. The number of halogens is 1. The summed E-state index contributed by atoms with van der Waals surface area (Å²) in [4.78, 5) is 11.4. The first kappa shape index (κ1) is 14.7. The second kappa shape index (κ2) is 7.90. The number of carbonyl (C=O) groups excluding carboxylic acids is 1. The first-order valence-corrected chi connectivity index (χ1v) is 6.40. The minimum atomic E-state index is 0. The van der Waals surface area contributed by atoms with Crippen molar-refractivity contribution in [3.05, 3.63) is 0 Å². The Morgan fingerprint density at radius 2 is 2.12 bits per heavy atom. The Morgan fingerprint density at radius 3 is 2.76 bits per heavy atom. The molecule has 1 amide bonds. The fraction of sp³-hybridized carbons (Fsp3) is 0.917. The molecule has 1 saturated carbocycles. The Kier molecular flexibility index (Phi) is 6.85. The molecule has 4 nitrogen and oxygen atoms in total. The van der Waals surface area contributed by atoms with Crippen LogP contribution in [-0.2, 0) is 9.53 Å². The van der Waals surface area contributed by atoms with E-state index in [9.17, 15) is 4.79 Å². The minimum Gasteiger partial charge on any atom is -0.371 e. The van der Waals surface area contributed by atoms with Gasteiger partial charge in [0.05, 0.1) is 6.61 Å². The van der Waals surface area contributed by atoms with Crippen LogP contribution < -0.4 is 10.6 Å². The largest absolute Gasteiger partial charge is 0.371 e. The average Bonchev–Trinajstić information content (AvgIpc) is 2.94. The molecule has 1 unspecified atom stereocenters. The van der Waals surface area contributed by atoms with Crippen LogP contribution in [0.4, 0.5) is 0 Å². The number of hydrogen-bond donors (Lipinski definition) is 2. The fourth-order valence-electron chi connectivity index (χ4n) is 2.03. The van der Waals surface area contributed by atoms with Crippen LogP contribution in [0.1, 0.15) is 25.7 Å². The average molecular weight is 263 g/mol. The maximum Gasteiger partial charge on any atom is 0.245 e. The van der Waals surface area contributed by atoms with Gasteiger partial charge in [-0.15, -0.1) is 12.4 Å². The van der Waals surface area contributed by atoms with Gasteiger partial charge in [-0.1, -0.05) is 0 Å². The molecule has 0 radical (unpaired) electrons. The van der Waals surface area contributed by atoms with Crippen LogP contribution in [0, 0.1) is 11.8 Å². The second-order valence-corrected chi connectivity index (χ2v) is 4.96. The molecule has 0 aromatic rings. The van der Waals surface area contributed by atoms with Crippen molar-refractivity contribution in [2.45, 2.75) is 25.7 Å². The molecule has 5 heteroatoms. The second-order valence-electron chi connectivity index (χ2n) is 4.96. The van der Waals surface area contributed by atoms with Crippen LogP contribution in [-0.4, -0.2) is 38.8 Å². The van der Waals surface area contributed by atoms with Crippen molar-refractivity contribution in [1.29, 1.82) is 0 Å². The number of ether oxygens (including phenoxy) is 1. The first-order chi connectivity index (χ1) is 7.84. The highest BCUT2D eigenvalue weighted by Gasteiger charge is 2.21. The molecule has 2 fully saturated rings. The van der Waals surface area contributed by atoms with Gasteiger partial charge in [0, 0.05) is 6.54 Å². The lowest BCUT2D eigenvalue weighted by Gasteiger charge is -2.09. The van der Waals surface area contributed by atoms with Gasteiger partial charge in [0.25, 0.3) is 0 Å². The van der Waals surface area contributed by atoms with Crippen molar-refractivity contribution in [3.8, 4) is 0 Å². The predicted molar refractivity (Wildman–Crippen MR) is 69.4 cm³/mol. The molecule has 2 N–H and O–H groups in total. The summed E-state index contributed by atoms with van der Waals surface area (Å²) in [5.74, 6) is 1.51. The molecule has 100 valence electrons. The summed E-state index contributed by atoms with van der Waals surface area (Å²) in [6, 6.07) is 0. The van der Waals surface area contributed by atoms with Crippen molar-refractivity contribution in [3.63, 3.8) is 0 Å². The van der Waals surface area contributed by atoms with Crippen molar-refractivity contribution in [1.82, 2.24) is 10.6 Å². The Morgan fingerprint density at radius 1 is 1.29 bits per heavy atom. The molecule has 0 aromatic carbocycles. The predicted octanol–water partition coefficient (Wildman–Crippen LogP) is 0.951. The molecule has 1 atom stereocenters. The molecule has 1 aliphatic carbocycles. The first-order valence-electron chi connectivity index (χ1n) is 6.40. The lowest BCUT2D eigenvalue weighted by Crippen LogP contribution is -2.30. The minimum absolute atomic E-state index is 0. The molecule has 0 spiro atoms. The summed E-state index contributed by atoms with van der Waals surface area (Å²) in [5.41, 5.74) is 0. The zero-order chi connectivity index (χ0) is 11.2. The molecule has 1 saturated heterocycles. The highest BCUT2D eigenvalue weighted by molar-refractivity contribution is 5.85. The van der Waals surface area contributed by atoms with Crippen LogP contribution in [0.25, 0.3) is 0 Å². The summed E-state index contributed by atoms with van der Waals surface area (Å²) in [6.45, 7) is 4.02. The number of amides is 1. The van der Waals surface area contributed by atoms with E-state index < -0.39 is 0 Å². The molecular weight excluding hydrogens is 240 g/mol. The highest BCUT2D eigenvalue weighted by atomic mass is 35.5. The van der Waals surface area contributed by atoms with Crippen LogP contribution in [0.5, 0.6) is 0 Å². The number of carbonyl (C=O) groups is 1. The lowest BCUT2D eigenvalue weighted by molar-refractivity contribution is -0.125. The van der Waals surface area contributed by atoms with E-state index >= 15 is 0 Å². The van der Waals surface area contributed by atoms with Crippen molar-refractivity contribution in [2.75, 3.05) is 32.8 Å². The molecule has 2 aliphatic rings. The maximum atomic E-state index is 11.4. The van der Waals surface area contributed by atoms with Crippen LogP contribution >= 0.6 is 12.4 Å². The van der Waals surface area contributed by atoms with Gasteiger partial charge < -0.3 is 15.4 Å². The van der Waals surface area contributed by atoms with Crippen molar-refractivity contribution >= 4 is 18.3 Å². The standard InChI is InChI=1S/C12H22N2O2.ClH/c15-12(9-16-8-11-1-2-11)14-6-4-10-3-5-13-7-10;/h10-11,13H,1-9H2,(H,14,15);1H. The number of nitrogens with one attached hydrogen (secondary N) is 2. The molecule has 17 heavy (non-hydrogen) atoms. The number of rotatable bonds is 7. The van der Waals surface area contributed by atoms with Crippen LogP contribution in [0.3, 0.4) is 0 Å². The zero-order valence-corrected chi connectivity index (χ0v) is 11.1. The third kappa shape index (κ3) is 6.24. The third-order valence-electron chi connectivity index (χ3n) is 3.32. The van der Waals surface area contributed by atoms with E-state index in [1.807, 2.05) is 0 Å². The smallest absolute Gasteiger partial charge is 0.245 e. The Balaban J connectivity index is 0.00000144. The fourth-order valence-corrected chi connectivity index (χ4v) is 2.03. The van der Waals surface area contributed by atoms with E-state index in [0.29, 0.717) is 0 Å². The summed E-state index contributed by atoms with van der Waals surface area (Å²) < 4.78 is 5.32. The topological polar surface area (TPSA) is 50.4 Å². The monoisotopic (exact) mass is 262 g/mol. The van der Waals surface area contributed by atoms with Gasteiger partial charge in [0.15, 0.2) is 0 Å². The summed E-state index contributed by atoms with van der Waals surface area (Å²) >= 11 is 0. The van der Waals surface area contributed by atoms with Crippen molar-refractivity contribution in [2.24, 2.45) is 11.8 Å².